The van der Waals surface area contributed by atoms with Crippen LogP contribution >= 0.6 is 0 Å². The number of hydrogen-bond acceptors (Lipinski definition) is 1. The third-order valence-corrected chi connectivity index (χ3v) is 8.35. The minimum absolute atomic E-state index is 0.0229. The summed E-state index contributed by atoms with van der Waals surface area (Å²) in [4.78, 5) is 12.7. The molecule has 0 amide bonds. The molecule has 0 spiro atoms. The summed E-state index contributed by atoms with van der Waals surface area (Å²) < 4.78 is 0. The Balaban J connectivity index is 1.99. The standard InChI is InChI=1S/C27H50O/c1-3-5-6-7-10-16-24(15-4-2)21-22-27(23-28,25-17-11-8-12-18-25)26-19-13-9-14-20-26/h23-26H,3-22H2,1-2H3. The van der Waals surface area contributed by atoms with E-state index in [0.717, 1.165) is 5.92 Å². The second kappa shape index (κ2) is 13.8. The molecule has 28 heavy (non-hydrogen) atoms. The molecule has 0 N–H and O–H groups in total. The van der Waals surface area contributed by atoms with Crippen molar-refractivity contribution in [2.24, 2.45) is 23.2 Å². The summed E-state index contributed by atoms with van der Waals surface area (Å²) in [7, 11) is 0. The first-order valence-corrected chi connectivity index (χ1v) is 13.2. The maximum absolute atomic E-state index is 12.7. The molecule has 1 unspecified atom stereocenters. The van der Waals surface area contributed by atoms with Crippen LogP contribution in [0.3, 0.4) is 0 Å². The lowest BCUT2D eigenvalue weighted by Crippen LogP contribution is -2.42. The van der Waals surface area contributed by atoms with E-state index in [1.807, 2.05) is 0 Å². The highest BCUT2D eigenvalue weighted by atomic mass is 16.1. The maximum atomic E-state index is 12.7. The van der Waals surface area contributed by atoms with Gasteiger partial charge in [-0.3, -0.25) is 0 Å². The van der Waals surface area contributed by atoms with Crippen molar-refractivity contribution in [1.82, 2.24) is 0 Å². The van der Waals surface area contributed by atoms with Gasteiger partial charge in [-0.2, -0.15) is 0 Å². The van der Waals surface area contributed by atoms with Gasteiger partial charge in [-0.15, -0.1) is 0 Å². The molecular formula is C27H50O. The fourth-order valence-corrected chi connectivity index (χ4v) is 6.61. The second-order valence-corrected chi connectivity index (χ2v) is 10.3. The van der Waals surface area contributed by atoms with Gasteiger partial charge >= 0.3 is 0 Å². The largest absolute Gasteiger partial charge is 0.303 e. The van der Waals surface area contributed by atoms with Crippen molar-refractivity contribution >= 4 is 6.29 Å². The Morgan fingerprint density at radius 3 is 1.79 bits per heavy atom. The summed E-state index contributed by atoms with van der Waals surface area (Å²) in [5.41, 5.74) is 0.0229. The predicted octanol–water partition coefficient (Wildman–Crippen LogP) is 8.89. The molecule has 0 aliphatic heterocycles. The van der Waals surface area contributed by atoms with E-state index < -0.39 is 0 Å². The molecule has 0 bridgehead atoms. The Kier molecular flexibility index (Phi) is 11.8. The first-order valence-electron chi connectivity index (χ1n) is 13.2. The number of carbonyl (C=O) groups excluding carboxylic acids is 1. The van der Waals surface area contributed by atoms with Gasteiger partial charge in [0.15, 0.2) is 0 Å². The molecule has 1 nitrogen and oxygen atoms in total. The van der Waals surface area contributed by atoms with E-state index in [1.165, 1.54) is 135 Å². The molecule has 0 aromatic rings. The van der Waals surface area contributed by atoms with Gasteiger partial charge in [-0.25, -0.2) is 0 Å². The van der Waals surface area contributed by atoms with Crippen LogP contribution in [-0.2, 0) is 4.79 Å². The Bertz CT molecular complexity index is 371. The van der Waals surface area contributed by atoms with E-state index in [9.17, 15) is 4.79 Å². The Labute approximate surface area is 176 Å². The number of rotatable bonds is 14. The van der Waals surface area contributed by atoms with Crippen molar-refractivity contribution in [3.05, 3.63) is 0 Å². The monoisotopic (exact) mass is 390 g/mol. The van der Waals surface area contributed by atoms with Crippen LogP contribution in [0.25, 0.3) is 0 Å². The number of hydrogen-bond donors (Lipinski definition) is 0. The van der Waals surface area contributed by atoms with Crippen molar-refractivity contribution in [1.29, 1.82) is 0 Å². The molecule has 1 atom stereocenters. The summed E-state index contributed by atoms with van der Waals surface area (Å²) in [5.74, 6) is 2.24. The van der Waals surface area contributed by atoms with Gasteiger partial charge in [0.1, 0.15) is 6.29 Å². The maximum Gasteiger partial charge on any atom is 0.126 e. The lowest BCUT2D eigenvalue weighted by molar-refractivity contribution is -0.126. The first-order chi connectivity index (χ1) is 13.8. The third kappa shape index (κ3) is 7.17. The molecule has 2 aliphatic rings. The fourth-order valence-electron chi connectivity index (χ4n) is 6.61. The minimum Gasteiger partial charge on any atom is -0.303 e. The average Bonchev–Trinajstić information content (AvgIpc) is 2.75. The zero-order valence-corrected chi connectivity index (χ0v) is 19.4. The van der Waals surface area contributed by atoms with Crippen molar-refractivity contribution < 1.29 is 4.79 Å². The zero-order valence-electron chi connectivity index (χ0n) is 19.4. The number of aldehydes is 1. The predicted molar refractivity (Wildman–Crippen MR) is 123 cm³/mol. The normalized spacial score (nSPS) is 20.9. The van der Waals surface area contributed by atoms with Gasteiger partial charge in [-0.05, 0) is 56.3 Å². The quantitative estimate of drug-likeness (QED) is 0.214. The highest BCUT2D eigenvalue weighted by Gasteiger charge is 2.45. The van der Waals surface area contributed by atoms with Gasteiger partial charge in [0.05, 0.1) is 0 Å². The van der Waals surface area contributed by atoms with Crippen LogP contribution in [0.2, 0.25) is 0 Å². The summed E-state index contributed by atoms with van der Waals surface area (Å²) in [6.45, 7) is 4.65. The first kappa shape index (κ1) is 23.9. The van der Waals surface area contributed by atoms with Gasteiger partial charge in [0.2, 0.25) is 0 Å². The third-order valence-electron chi connectivity index (χ3n) is 8.35. The molecule has 2 fully saturated rings. The number of unbranched alkanes of at least 4 members (excludes halogenated alkanes) is 4. The van der Waals surface area contributed by atoms with E-state index in [4.69, 9.17) is 0 Å². The highest BCUT2D eigenvalue weighted by molar-refractivity contribution is 5.61. The van der Waals surface area contributed by atoms with E-state index in [0.29, 0.717) is 11.8 Å². The van der Waals surface area contributed by atoms with Crippen LogP contribution < -0.4 is 0 Å². The van der Waals surface area contributed by atoms with Gasteiger partial charge in [-0.1, -0.05) is 104 Å². The van der Waals surface area contributed by atoms with Crippen LogP contribution in [0.1, 0.15) is 142 Å². The van der Waals surface area contributed by atoms with Gasteiger partial charge < -0.3 is 4.79 Å². The molecule has 0 aromatic heterocycles. The Morgan fingerprint density at radius 1 is 0.714 bits per heavy atom. The van der Waals surface area contributed by atoms with Crippen LogP contribution in [-0.4, -0.2) is 6.29 Å². The summed E-state index contributed by atoms with van der Waals surface area (Å²) in [6.07, 6.45) is 28.6. The molecule has 2 aliphatic carbocycles. The Morgan fingerprint density at radius 2 is 1.29 bits per heavy atom. The lowest BCUT2D eigenvalue weighted by Gasteiger charge is -2.46. The molecular weight excluding hydrogens is 340 g/mol. The van der Waals surface area contributed by atoms with Gasteiger partial charge in [0, 0.05) is 5.41 Å². The van der Waals surface area contributed by atoms with E-state index >= 15 is 0 Å². The van der Waals surface area contributed by atoms with Crippen molar-refractivity contribution in [2.45, 2.75) is 142 Å². The second-order valence-electron chi connectivity index (χ2n) is 10.3. The molecule has 0 saturated heterocycles. The van der Waals surface area contributed by atoms with E-state index in [-0.39, 0.29) is 5.41 Å². The van der Waals surface area contributed by atoms with Crippen LogP contribution in [0.5, 0.6) is 0 Å². The van der Waals surface area contributed by atoms with Gasteiger partial charge in [0.25, 0.3) is 0 Å². The van der Waals surface area contributed by atoms with Crippen molar-refractivity contribution in [3.63, 3.8) is 0 Å². The van der Waals surface area contributed by atoms with Crippen LogP contribution in [0.4, 0.5) is 0 Å². The van der Waals surface area contributed by atoms with Crippen molar-refractivity contribution in [2.75, 3.05) is 0 Å². The Hall–Kier alpha value is -0.330. The SMILES string of the molecule is CCCCCCCC(CCC)CCC(C=O)(C1CCCCC1)C1CCCCC1. The lowest BCUT2D eigenvalue weighted by atomic mass is 9.57. The smallest absolute Gasteiger partial charge is 0.126 e. The van der Waals surface area contributed by atoms with Crippen LogP contribution in [0.15, 0.2) is 0 Å². The average molecular weight is 391 g/mol. The molecule has 2 rings (SSSR count). The molecule has 0 heterocycles. The highest BCUT2D eigenvalue weighted by Crippen LogP contribution is 2.51. The molecule has 2 saturated carbocycles. The fraction of sp³-hybridized carbons (Fsp3) is 0.963. The van der Waals surface area contributed by atoms with E-state index in [2.05, 4.69) is 13.8 Å². The molecule has 0 radical (unpaired) electrons. The minimum atomic E-state index is 0.0229. The summed E-state index contributed by atoms with van der Waals surface area (Å²) >= 11 is 0. The molecule has 0 aromatic carbocycles. The number of carbonyl (C=O) groups is 1. The summed E-state index contributed by atoms with van der Waals surface area (Å²) in [5, 5.41) is 0. The molecule has 164 valence electrons. The topological polar surface area (TPSA) is 17.1 Å². The van der Waals surface area contributed by atoms with Crippen LogP contribution in [0, 0.1) is 23.2 Å². The summed E-state index contributed by atoms with van der Waals surface area (Å²) in [6, 6.07) is 0. The van der Waals surface area contributed by atoms with Crippen molar-refractivity contribution in [3.8, 4) is 0 Å². The van der Waals surface area contributed by atoms with E-state index in [1.54, 1.807) is 0 Å². The zero-order chi connectivity index (χ0) is 20.1. The molecule has 1 heteroatoms.